The first-order valence-electron chi connectivity index (χ1n) is 8.66. The van der Waals surface area contributed by atoms with Crippen LogP contribution >= 0.6 is 0 Å². The van der Waals surface area contributed by atoms with Gasteiger partial charge in [0.05, 0.1) is 0 Å². The molecule has 124 valence electrons. The van der Waals surface area contributed by atoms with Crippen molar-refractivity contribution in [3.05, 3.63) is 12.3 Å². The van der Waals surface area contributed by atoms with Crippen molar-refractivity contribution >= 4 is 0 Å². The lowest BCUT2D eigenvalue weighted by atomic mass is 9.87. The molecule has 0 spiro atoms. The highest BCUT2D eigenvalue weighted by Gasteiger charge is 2.33. The smallest absolute Gasteiger partial charge is 0.113 e. The van der Waals surface area contributed by atoms with Gasteiger partial charge in [-0.2, -0.15) is 0 Å². The maximum absolute atomic E-state index is 14.8. The summed E-state index contributed by atoms with van der Waals surface area (Å²) in [5.41, 5.74) is 0.133. The minimum atomic E-state index is -0.916. The maximum atomic E-state index is 14.8. The first kappa shape index (κ1) is 18.5. The first-order chi connectivity index (χ1) is 9.81. The van der Waals surface area contributed by atoms with E-state index in [1.54, 1.807) is 0 Å². The Kier molecular flexibility index (Phi) is 7.72. The maximum Gasteiger partial charge on any atom is 0.113 e. The van der Waals surface area contributed by atoms with E-state index in [4.69, 9.17) is 0 Å². The number of unbranched alkanes of at least 4 members (excludes halogenated alkanes) is 1. The van der Waals surface area contributed by atoms with Crippen LogP contribution in [-0.2, 0) is 0 Å². The highest BCUT2D eigenvalue weighted by Crippen LogP contribution is 2.32. The van der Waals surface area contributed by atoms with Gasteiger partial charge in [-0.25, -0.2) is 4.39 Å². The van der Waals surface area contributed by atoms with E-state index in [0.717, 1.165) is 44.1 Å². The highest BCUT2D eigenvalue weighted by atomic mass is 19.1. The van der Waals surface area contributed by atoms with Crippen LogP contribution in [0.5, 0.6) is 0 Å². The van der Waals surface area contributed by atoms with Crippen molar-refractivity contribution < 1.29 is 4.39 Å². The molecule has 0 aromatic heterocycles. The SMILES string of the molecule is C=C(CN1CCC(F)(CCCCC(C)C)CC1)NC(C)C. The molecule has 0 aliphatic carbocycles. The predicted octanol–water partition coefficient (Wildman–Crippen LogP) is 4.52. The largest absolute Gasteiger partial charge is 0.386 e. The molecule has 1 heterocycles. The summed E-state index contributed by atoms with van der Waals surface area (Å²) in [5.74, 6) is 0.738. The number of likely N-dealkylation sites (tertiary alicyclic amines) is 1. The molecule has 1 fully saturated rings. The van der Waals surface area contributed by atoms with Gasteiger partial charge >= 0.3 is 0 Å². The summed E-state index contributed by atoms with van der Waals surface area (Å²) in [4.78, 5) is 2.32. The Hall–Kier alpha value is -0.570. The lowest BCUT2D eigenvalue weighted by Crippen LogP contribution is -2.43. The van der Waals surface area contributed by atoms with Crippen LogP contribution in [0.2, 0.25) is 0 Å². The van der Waals surface area contributed by atoms with E-state index in [1.807, 2.05) is 0 Å². The average Bonchev–Trinajstić information content (AvgIpc) is 2.37. The lowest BCUT2D eigenvalue weighted by Gasteiger charge is -2.37. The second kappa shape index (κ2) is 8.77. The zero-order chi connectivity index (χ0) is 15.9. The van der Waals surface area contributed by atoms with Crippen molar-refractivity contribution in [3.63, 3.8) is 0 Å². The van der Waals surface area contributed by atoms with Crippen molar-refractivity contribution in [3.8, 4) is 0 Å². The van der Waals surface area contributed by atoms with Gasteiger partial charge in [0.2, 0.25) is 0 Å². The summed E-state index contributed by atoms with van der Waals surface area (Å²) in [6.07, 6.45) is 5.55. The third-order valence-corrected chi connectivity index (χ3v) is 4.32. The summed E-state index contributed by atoms with van der Waals surface area (Å²) in [7, 11) is 0. The minimum Gasteiger partial charge on any atom is -0.386 e. The number of hydrogen-bond acceptors (Lipinski definition) is 2. The molecular weight excluding hydrogens is 263 g/mol. The van der Waals surface area contributed by atoms with Crippen LogP contribution in [0.1, 0.15) is 66.2 Å². The van der Waals surface area contributed by atoms with Gasteiger partial charge in [0.25, 0.3) is 0 Å². The Morgan fingerprint density at radius 1 is 1.19 bits per heavy atom. The predicted molar refractivity (Wildman–Crippen MR) is 90.2 cm³/mol. The number of rotatable bonds is 9. The number of halogens is 1. The molecule has 0 aromatic rings. The number of nitrogens with one attached hydrogen (secondary N) is 1. The monoisotopic (exact) mass is 298 g/mol. The second-order valence-electron chi connectivity index (χ2n) is 7.47. The Morgan fingerprint density at radius 2 is 1.81 bits per heavy atom. The molecule has 0 unspecified atom stereocenters. The Labute approximate surface area is 131 Å². The fraction of sp³-hybridized carbons (Fsp3) is 0.889. The summed E-state index contributed by atoms with van der Waals surface area (Å²) in [6.45, 7) is 15.3. The molecule has 1 aliphatic rings. The molecule has 0 saturated carbocycles. The van der Waals surface area contributed by atoms with Gasteiger partial charge in [-0.15, -0.1) is 0 Å². The molecule has 0 bridgehead atoms. The van der Waals surface area contributed by atoms with Crippen molar-refractivity contribution in [2.45, 2.75) is 77.9 Å². The van der Waals surface area contributed by atoms with Gasteiger partial charge in [0.1, 0.15) is 5.67 Å². The molecule has 2 nitrogen and oxygen atoms in total. The summed E-state index contributed by atoms with van der Waals surface area (Å²) in [6, 6.07) is 0.420. The highest BCUT2D eigenvalue weighted by molar-refractivity contribution is 4.98. The number of nitrogens with zero attached hydrogens (tertiary/aromatic N) is 1. The van der Waals surface area contributed by atoms with Crippen molar-refractivity contribution in [2.24, 2.45) is 5.92 Å². The van der Waals surface area contributed by atoms with Crippen LogP contribution in [0.3, 0.4) is 0 Å². The molecule has 1 rings (SSSR count). The Balaban J connectivity index is 2.22. The Morgan fingerprint density at radius 3 is 2.33 bits per heavy atom. The third kappa shape index (κ3) is 7.85. The fourth-order valence-corrected chi connectivity index (χ4v) is 3.08. The van der Waals surface area contributed by atoms with Crippen molar-refractivity contribution in [2.75, 3.05) is 19.6 Å². The quantitative estimate of drug-likeness (QED) is 0.630. The topological polar surface area (TPSA) is 15.3 Å². The number of alkyl halides is 1. The van der Waals surface area contributed by atoms with Gasteiger partial charge in [-0.05, 0) is 39.0 Å². The molecule has 1 N–H and O–H groups in total. The van der Waals surface area contributed by atoms with Crippen LogP contribution < -0.4 is 5.32 Å². The molecular formula is C18H35FN2. The van der Waals surface area contributed by atoms with Gasteiger partial charge in [0.15, 0.2) is 0 Å². The van der Waals surface area contributed by atoms with Gasteiger partial charge in [0, 0.05) is 31.4 Å². The van der Waals surface area contributed by atoms with E-state index >= 15 is 0 Å². The standard InChI is InChI=1S/C18H35FN2/c1-15(2)8-6-7-9-18(19)10-12-21(13-11-18)14-17(5)20-16(3)4/h15-16,20H,5-14H2,1-4H3. The molecule has 0 radical (unpaired) electrons. The Bertz CT molecular complexity index is 304. The minimum absolute atomic E-state index is 0.420. The molecule has 1 aliphatic heterocycles. The van der Waals surface area contributed by atoms with Gasteiger partial charge < -0.3 is 5.32 Å². The van der Waals surface area contributed by atoms with E-state index in [0.29, 0.717) is 18.9 Å². The normalized spacial score (nSPS) is 19.2. The third-order valence-electron chi connectivity index (χ3n) is 4.32. The first-order valence-corrected chi connectivity index (χ1v) is 8.66. The number of hydrogen-bond donors (Lipinski definition) is 1. The molecule has 3 heteroatoms. The zero-order valence-corrected chi connectivity index (χ0v) is 14.6. The van der Waals surface area contributed by atoms with E-state index in [2.05, 4.69) is 44.5 Å². The molecule has 0 amide bonds. The van der Waals surface area contributed by atoms with Crippen LogP contribution in [0.25, 0.3) is 0 Å². The van der Waals surface area contributed by atoms with Crippen LogP contribution in [0, 0.1) is 5.92 Å². The second-order valence-corrected chi connectivity index (χ2v) is 7.47. The molecule has 0 atom stereocenters. The molecule has 0 aromatic carbocycles. The van der Waals surface area contributed by atoms with Crippen LogP contribution in [0.4, 0.5) is 4.39 Å². The average molecular weight is 298 g/mol. The van der Waals surface area contributed by atoms with E-state index < -0.39 is 5.67 Å². The van der Waals surface area contributed by atoms with E-state index in [1.165, 1.54) is 12.8 Å². The van der Waals surface area contributed by atoms with Crippen LogP contribution in [0.15, 0.2) is 12.3 Å². The van der Waals surface area contributed by atoms with E-state index in [9.17, 15) is 4.39 Å². The van der Waals surface area contributed by atoms with E-state index in [-0.39, 0.29) is 0 Å². The molecule has 21 heavy (non-hydrogen) atoms. The van der Waals surface area contributed by atoms with Crippen molar-refractivity contribution in [1.82, 2.24) is 10.2 Å². The lowest BCUT2D eigenvalue weighted by molar-refractivity contribution is 0.0515. The van der Waals surface area contributed by atoms with Crippen molar-refractivity contribution in [1.29, 1.82) is 0 Å². The molecule has 1 saturated heterocycles. The number of piperidine rings is 1. The summed E-state index contributed by atoms with van der Waals surface area (Å²) < 4.78 is 14.8. The van der Waals surface area contributed by atoms with Crippen LogP contribution in [-0.4, -0.2) is 36.2 Å². The van der Waals surface area contributed by atoms with Gasteiger partial charge in [-0.3, -0.25) is 4.90 Å². The summed E-state index contributed by atoms with van der Waals surface area (Å²) in [5, 5.41) is 3.33. The summed E-state index contributed by atoms with van der Waals surface area (Å²) >= 11 is 0. The van der Waals surface area contributed by atoms with Gasteiger partial charge in [-0.1, -0.05) is 39.7 Å². The fourth-order valence-electron chi connectivity index (χ4n) is 3.08. The zero-order valence-electron chi connectivity index (χ0n) is 14.6.